The SMILES string of the molecule is CCOC(=O)/C(C#N)=N\Nc1[nH]c(-c2ccccc2)c(C)c1C#N. The molecule has 1 aromatic heterocycles. The number of ether oxygens (including phenoxy) is 1. The third-order valence-corrected chi connectivity index (χ3v) is 3.28. The van der Waals surface area contributed by atoms with E-state index in [0.29, 0.717) is 11.4 Å². The van der Waals surface area contributed by atoms with Crippen molar-refractivity contribution < 1.29 is 9.53 Å². The van der Waals surface area contributed by atoms with E-state index in [1.165, 1.54) is 0 Å². The number of carbonyl (C=O) groups excluding carboxylic acids is 1. The van der Waals surface area contributed by atoms with Crippen LogP contribution in [0.5, 0.6) is 0 Å². The van der Waals surface area contributed by atoms with Gasteiger partial charge in [0.15, 0.2) is 0 Å². The van der Waals surface area contributed by atoms with Crippen molar-refractivity contribution in [3.63, 3.8) is 0 Å². The molecule has 1 heterocycles. The van der Waals surface area contributed by atoms with Crippen LogP contribution in [0.1, 0.15) is 18.1 Å². The van der Waals surface area contributed by atoms with E-state index in [0.717, 1.165) is 16.8 Å². The molecule has 0 amide bonds. The molecule has 0 radical (unpaired) electrons. The monoisotopic (exact) mass is 321 g/mol. The third-order valence-electron chi connectivity index (χ3n) is 3.28. The van der Waals surface area contributed by atoms with Gasteiger partial charge < -0.3 is 9.72 Å². The topological polar surface area (TPSA) is 114 Å². The number of nitrogens with zero attached hydrogens (tertiary/aromatic N) is 3. The Bertz CT molecular complexity index is 854. The summed E-state index contributed by atoms with van der Waals surface area (Å²) in [6, 6.07) is 13.2. The number of esters is 1. The first-order chi connectivity index (χ1) is 11.6. The van der Waals surface area contributed by atoms with Crippen LogP contribution >= 0.6 is 0 Å². The molecule has 7 heteroatoms. The van der Waals surface area contributed by atoms with E-state index in [4.69, 9.17) is 10.00 Å². The molecule has 0 bridgehead atoms. The van der Waals surface area contributed by atoms with Gasteiger partial charge in [-0.15, -0.1) is 0 Å². The molecule has 2 aromatic rings. The molecule has 0 atom stereocenters. The number of H-pyrrole nitrogens is 1. The minimum Gasteiger partial charge on any atom is -0.461 e. The van der Waals surface area contributed by atoms with Crippen molar-refractivity contribution in [3.8, 4) is 23.4 Å². The molecular formula is C17H15N5O2. The van der Waals surface area contributed by atoms with Gasteiger partial charge in [-0.2, -0.15) is 15.6 Å². The predicted molar refractivity (Wildman–Crippen MR) is 89.0 cm³/mol. The van der Waals surface area contributed by atoms with E-state index in [2.05, 4.69) is 21.6 Å². The molecule has 0 saturated heterocycles. The molecule has 120 valence electrons. The summed E-state index contributed by atoms with van der Waals surface area (Å²) in [4.78, 5) is 14.6. The van der Waals surface area contributed by atoms with Crippen molar-refractivity contribution in [1.29, 1.82) is 10.5 Å². The Balaban J connectivity index is 2.37. The van der Waals surface area contributed by atoms with Crippen LogP contribution in [0.15, 0.2) is 35.4 Å². The second-order valence-corrected chi connectivity index (χ2v) is 4.76. The van der Waals surface area contributed by atoms with Crippen LogP contribution in [0.25, 0.3) is 11.3 Å². The van der Waals surface area contributed by atoms with E-state index in [-0.39, 0.29) is 6.61 Å². The number of hydrogen-bond donors (Lipinski definition) is 2. The van der Waals surface area contributed by atoms with Gasteiger partial charge in [0.2, 0.25) is 5.71 Å². The molecule has 0 aliphatic heterocycles. The van der Waals surface area contributed by atoms with Gasteiger partial charge in [0.05, 0.1) is 17.9 Å². The Morgan fingerprint density at radius 1 is 1.33 bits per heavy atom. The quantitative estimate of drug-likeness (QED) is 0.499. The number of aromatic nitrogens is 1. The fourth-order valence-corrected chi connectivity index (χ4v) is 2.14. The highest BCUT2D eigenvalue weighted by Crippen LogP contribution is 2.29. The Morgan fingerprint density at radius 3 is 2.62 bits per heavy atom. The molecule has 0 aliphatic rings. The van der Waals surface area contributed by atoms with Crippen LogP contribution in [-0.2, 0) is 9.53 Å². The van der Waals surface area contributed by atoms with Crippen molar-refractivity contribution in [2.45, 2.75) is 13.8 Å². The van der Waals surface area contributed by atoms with Crippen molar-refractivity contribution in [1.82, 2.24) is 4.98 Å². The van der Waals surface area contributed by atoms with Crippen molar-refractivity contribution in [2.24, 2.45) is 5.10 Å². The van der Waals surface area contributed by atoms with Crippen molar-refractivity contribution in [3.05, 3.63) is 41.5 Å². The summed E-state index contributed by atoms with van der Waals surface area (Å²) in [6.45, 7) is 3.58. The van der Waals surface area contributed by atoms with Crippen LogP contribution in [-0.4, -0.2) is 23.3 Å². The van der Waals surface area contributed by atoms with Crippen LogP contribution in [0.4, 0.5) is 5.82 Å². The maximum absolute atomic E-state index is 11.6. The number of anilines is 1. The molecule has 0 spiro atoms. The molecule has 1 aromatic carbocycles. The minimum absolute atomic E-state index is 0.142. The molecule has 2 rings (SSSR count). The number of hydrazone groups is 1. The lowest BCUT2D eigenvalue weighted by atomic mass is 10.1. The van der Waals surface area contributed by atoms with E-state index in [1.54, 1.807) is 13.0 Å². The van der Waals surface area contributed by atoms with Crippen LogP contribution in [0, 0.1) is 29.6 Å². The Labute approximate surface area is 139 Å². The largest absolute Gasteiger partial charge is 0.461 e. The first-order valence-corrected chi connectivity index (χ1v) is 7.21. The van der Waals surface area contributed by atoms with E-state index < -0.39 is 11.7 Å². The smallest absolute Gasteiger partial charge is 0.369 e. The molecule has 0 aliphatic carbocycles. The highest BCUT2D eigenvalue weighted by Gasteiger charge is 2.16. The van der Waals surface area contributed by atoms with Crippen LogP contribution in [0.3, 0.4) is 0 Å². The second kappa shape index (κ2) is 7.61. The van der Waals surface area contributed by atoms with Crippen molar-refractivity contribution >= 4 is 17.5 Å². The van der Waals surface area contributed by atoms with Gasteiger partial charge in [0.25, 0.3) is 0 Å². The van der Waals surface area contributed by atoms with E-state index in [1.807, 2.05) is 37.3 Å². The fraction of sp³-hybridized carbons (Fsp3) is 0.176. The summed E-state index contributed by atoms with van der Waals surface area (Å²) in [6.07, 6.45) is 0. The average molecular weight is 321 g/mol. The number of nitriles is 2. The highest BCUT2D eigenvalue weighted by atomic mass is 16.5. The van der Waals surface area contributed by atoms with E-state index >= 15 is 0 Å². The number of benzene rings is 1. The molecular weight excluding hydrogens is 306 g/mol. The second-order valence-electron chi connectivity index (χ2n) is 4.76. The summed E-state index contributed by atoms with van der Waals surface area (Å²) in [5.41, 5.74) is 4.93. The number of rotatable bonds is 5. The third kappa shape index (κ3) is 3.42. The fourth-order valence-electron chi connectivity index (χ4n) is 2.14. The maximum atomic E-state index is 11.6. The zero-order valence-electron chi connectivity index (χ0n) is 13.3. The van der Waals surface area contributed by atoms with Gasteiger partial charge in [-0.1, -0.05) is 30.3 Å². The molecule has 0 saturated carbocycles. The number of nitrogens with one attached hydrogen (secondary N) is 2. The molecule has 7 nitrogen and oxygen atoms in total. The first-order valence-electron chi connectivity index (χ1n) is 7.21. The molecule has 24 heavy (non-hydrogen) atoms. The summed E-state index contributed by atoms with van der Waals surface area (Å²) in [5, 5.41) is 22.1. The maximum Gasteiger partial charge on any atom is 0.369 e. The van der Waals surface area contributed by atoms with Gasteiger partial charge >= 0.3 is 5.97 Å². The lowest BCUT2D eigenvalue weighted by Crippen LogP contribution is -2.17. The van der Waals surface area contributed by atoms with Gasteiger partial charge in [-0.3, -0.25) is 5.43 Å². The molecule has 0 fully saturated rings. The molecule has 0 unspecified atom stereocenters. The van der Waals surface area contributed by atoms with Crippen molar-refractivity contribution in [2.75, 3.05) is 12.0 Å². The zero-order chi connectivity index (χ0) is 17.5. The van der Waals surface area contributed by atoms with Gasteiger partial charge in [0.1, 0.15) is 18.0 Å². The number of aromatic amines is 1. The lowest BCUT2D eigenvalue weighted by molar-refractivity contribution is -0.134. The summed E-state index contributed by atoms with van der Waals surface area (Å²) >= 11 is 0. The van der Waals surface area contributed by atoms with E-state index in [9.17, 15) is 10.1 Å². The average Bonchev–Trinajstić information content (AvgIpc) is 2.92. The first kappa shape index (κ1) is 16.8. The lowest BCUT2D eigenvalue weighted by Gasteiger charge is -2.01. The Hall–Kier alpha value is -3.58. The summed E-state index contributed by atoms with van der Waals surface area (Å²) in [5.74, 6) is -0.511. The Morgan fingerprint density at radius 2 is 2.04 bits per heavy atom. The summed E-state index contributed by atoms with van der Waals surface area (Å²) in [7, 11) is 0. The predicted octanol–water partition coefficient (Wildman–Crippen LogP) is 2.72. The van der Waals surface area contributed by atoms with Gasteiger partial charge in [-0.25, -0.2) is 4.79 Å². The van der Waals surface area contributed by atoms with Gasteiger partial charge in [0, 0.05) is 0 Å². The standard InChI is InChI=1S/C17H15N5O2/c1-3-24-17(23)14(10-19)21-22-16-13(9-18)11(2)15(20-16)12-7-5-4-6-8-12/h4-8,20,22H,3H2,1-2H3/b21-14-. The highest BCUT2D eigenvalue weighted by molar-refractivity contribution is 6.43. The summed E-state index contributed by atoms with van der Waals surface area (Å²) < 4.78 is 4.73. The van der Waals surface area contributed by atoms with Gasteiger partial charge in [-0.05, 0) is 25.0 Å². The minimum atomic E-state index is -0.822. The van der Waals surface area contributed by atoms with Crippen LogP contribution < -0.4 is 5.43 Å². The number of hydrogen-bond acceptors (Lipinski definition) is 6. The van der Waals surface area contributed by atoms with Crippen LogP contribution in [0.2, 0.25) is 0 Å². The zero-order valence-corrected chi connectivity index (χ0v) is 13.3. The normalized spacial score (nSPS) is 10.6. The number of carbonyl (C=O) groups is 1. The molecule has 2 N–H and O–H groups in total. The Kier molecular flexibility index (Phi) is 5.32.